The minimum atomic E-state index is 0.349. The lowest BCUT2D eigenvalue weighted by Crippen LogP contribution is -2.28. The van der Waals surface area contributed by atoms with Crippen molar-refractivity contribution in [3.05, 3.63) is 35.9 Å². The van der Waals surface area contributed by atoms with E-state index in [1.54, 1.807) is 0 Å². The molecule has 0 saturated heterocycles. The number of carbonyl (C=O) groups excluding carboxylic acids is 1. The second-order valence-corrected chi connectivity index (χ2v) is 7.14. The lowest BCUT2D eigenvalue weighted by Gasteiger charge is -2.36. The molecule has 2 fully saturated rings. The highest BCUT2D eigenvalue weighted by molar-refractivity contribution is 5.53. The van der Waals surface area contributed by atoms with Crippen molar-refractivity contribution < 1.29 is 9.53 Å². The van der Waals surface area contributed by atoms with Gasteiger partial charge in [-0.05, 0) is 68.8 Å². The monoisotopic (exact) mass is 300 g/mol. The number of ether oxygens (including phenoxy) is 1. The van der Waals surface area contributed by atoms with Gasteiger partial charge < -0.3 is 9.53 Å². The highest BCUT2D eigenvalue weighted by Crippen LogP contribution is 2.40. The first-order valence-corrected chi connectivity index (χ1v) is 8.96. The fourth-order valence-corrected chi connectivity index (χ4v) is 4.27. The Labute approximate surface area is 134 Å². The van der Waals surface area contributed by atoms with Gasteiger partial charge in [0, 0.05) is 5.92 Å². The predicted octanol–water partition coefficient (Wildman–Crippen LogP) is 4.77. The summed E-state index contributed by atoms with van der Waals surface area (Å²) in [5, 5.41) is 0. The van der Waals surface area contributed by atoms with Crippen molar-refractivity contribution in [1.82, 2.24) is 0 Å². The van der Waals surface area contributed by atoms with Gasteiger partial charge in [0.25, 0.3) is 0 Å². The zero-order valence-electron chi connectivity index (χ0n) is 13.5. The van der Waals surface area contributed by atoms with Gasteiger partial charge in [-0.1, -0.05) is 30.3 Å². The third-order valence-electron chi connectivity index (χ3n) is 5.72. The molecule has 0 amide bonds. The van der Waals surface area contributed by atoms with Crippen LogP contribution < -0.4 is 0 Å². The largest absolute Gasteiger partial charge is 0.374 e. The smallest absolute Gasteiger partial charge is 0.123 e. The molecule has 0 aromatic heterocycles. The van der Waals surface area contributed by atoms with Gasteiger partial charge in [0.15, 0.2) is 0 Å². The molecule has 0 spiro atoms. The maximum Gasteiger partial charge on any atom is 0.123 e. The van der Waals surface area contributed by atoms with Crippen LogP contribution in [0, 0.1) is 17.8 Å². The Morgan fingerprint density at radius 3 is 2.05 bits per heavy atom. The highest BCUT2D eigenvalue weighted by Gasteiger charge is 2.30. The Morgan fingerprint density at radius 2 is 1.45 bits per heavy atom. The zero-order valence-corrected chi connectivity index (χ0v) is 13.5. The Kier molecular flexibility index (Phi) is 5.66. The molecule has 0 heterocycles. The Bertz CT molecular complexity index is 440. The van der Waals surface area contributed by atoms with Gasteiger partial charge in [0.05, 0.1) is 12.7 Å². The van der Waals surface area contributed by atoms with E-state index in [0.29, 0.717) is 12.0 Å². The van der Waals surface area contributed by atoms with E-state index in [0.717, 1.165) is 31.3 Å². The van der Waals surface area contributed by atoms with Crippen molar-refractivity contribution in [3.63, 3.8) is 0 Å². The van der Waals surface area contributed by atoms with Crippen LogP contribution in [0.5, 0.6) is 0 Å². The van der Waals surface area contributed by atoms with Crippen LogP contribution in [0.25, 0.3) is 0 Å². The average Bonchev–Trinajstić information content (AvgIpc) is 2.61. The second-order valence-electron chi connectivity index (χ2n) is 7.14. The van der Waals surface area contributed by atoms with E-state index in [1.165, 1.54) is 50.4 Å². The minimum Gasteiger partial charge on any atom is -0.374 e. The molecule has 2 aliphatic rings. The molecule has 2 aliphatic carbocycles. The fraction of sp³-hybridized carbons (Fsp3) is 0.650. The van der Waals surface area contributed by atoms with Crippen molar-refractivity contribution in [2.75, 3.05) is 0 Å². The standard InChI is InChI=1S/C20H28O2/c21-14-16-6-8-18(9-7-16)19-10-12-20(13-11-19)22-15-17-4-2-1-3-5-17/h1-5,14,16,18-20H,6-13,15H2. The number of rotatable bonds is 5. The molecule has 0 aliphatic heterocycles. The van der Waals surface area contributed by atoms with Crippen LogP contribution in [0.2, 0.25) is 0 Å². The van der Waals surface area contributed by atoms with Crippen molar-refractivity contribution in [1.29, 1.82) is 0 Å². The van der Waals surface area contributed by atoms with Gasteiger partial charge in [0.1, 0.15) is 6.29 Å². The van der Waals surface area contributed by atoms with E-state index < -0.39 is 0 Å². The number of carbonyl (C=O) groups is 1. The quantitative estimate of drug-likeness (QED) is 0.732. The average molecular weight is 300 g/mol. The van der Waals surface area contributed by atoms with E-state index in [-0.39, 0.29) is 0 Å². The molecule has 0 bridgehead atoms. The maximum atomic E-state index is 10.9. The van der Waals surface area contributed by atoms with Crippen molar-refractivity contribution in [3.8, 4) is 0 Å². The summed E-state index contributed by atoms with van der Waals surface area (Å²) < 4.78 is 6.09. The van der Waals surface area contributed by atoms with Gasteiger partial charge in [-0.25, -0.2) is 0 Å². The number of hydrogen-bond donors (Lipinski definition) is 0. The molecule has 120 valence electrons. The van der Waals surface area contributed by atoms with Crippen LogP contribution in [0.15, 0.2) is 30.3 Å². The molecule has 1 aromatic carbocycles. The Balaban J connectivity index is 1.38. The number of benzene rings is 1. The van der Waals surface area contributed by atoms with Gasteiger partial charge in [-0.15, -0.1) is 0 Å². The summed E-state index contributed by atoms with van der Waals surface area (Å²) >= 11 is 0. The van der Waals surface area contributed by atoms with Crippen molar-refractivity contribution >= 4 is 6.29 Å². The summed E-state index contributed by atoms with van der Waals surface area (Å²) in [5.41, 5.74) is 1.27. The highest BCUT2D eigenvalue weighted by atomic mass is 16.5. The van der Waals surface area contributed by atoms with Crippen LogP contribution in [0.4, 0.5) is 0 Å². The van der Waals surface area contributed by atoms with Crippen LogP contribution in [0.3, 0.4) is 0 Å². The summed E-state index contributed by atoms with van der Waals surface area (Å²) in [7, 11) is 0. The summed E-state index contributed by atoms with van der Waals surface area (Å²) in [5.74, 6) is 2.09. The summed E-state index contributed by atoms with van der Waals surface area (Å²) in [6.45, 7) is 0.751. The number of aldehydes is 1. The van der Waals surface area contributed by atoms with E-state index in [2.05, 4.69) is 24.3 Å². The lowest BCUT2D eigenvalue weighted by molar-refractivity contribution is -0.112. The van der Waals surface area contributed by atoms with E-state index in [4.69, 9.17) is 4.74 Å². The van der Waals surface area contributed by atoms with Gasteiger partial charge in [-0.3, -0.25) is 0 Å². The van der Waals surface area contributed by atoms with Crippen LogP contribution >= 0.6 is 0 Å². The lowest BCUT2D eigenvalue weighted by atomic mass is 9.71. The van der Waals surface area contributed by atoms with E-state index in [9.17, 15) is 4.79 Å². The van der Waals surface area contributed by atoms with Crippen LogP contribution in [-0.2, 0) is 16.1 Å². The first kappa shape index (κ1) is 15.7. The third-order valence-corrected chi connectivity index (χ3v) is 5.72. The molecule has 0 atom stereocenters. The van der Waals surface area contributed by atoms with E-state index >= 15 is 0 Å². The minimum absolute atomic E-state index is 0.349. The second kappa shape index (κ2) is 7.92. The molecular weight excluding hydrogens is 272 g/mol. The molecule has 0 unspecified atom stereocenters. The molecule has 3 rings (SSSR count). The van der Waals surface area contributed by atoms with Crippen molar-refractivity contribution in [2.24, 2.45) is 17.8 Å². The summed E-state index contributed by atoms with van der Waals surface area (Å²) in [6.07, 6.45) is 11.5. The molecule has 2 saturated carbocycles. The number of hydrogen-bond acceptors (Lipinski definition) is 2. The summed E-state index contributed by atoms with van der Waals surface area (Å²) in [4.78, 5) is 10.9. The first-order chi connectivity index (χ1) is 10.8. The molecule has 2 heteroatoms. The van der Waals surface area contributed by atoms with Gasteiger partial charge >= 0.3 is 0 Å². The first-order valence-electron chi connectivity index (χ1n) is 8.96. The SMILES string of the molecule is O=CC1CCC(C2CCC(OCc3ccccc3)CC2)CC1. The van der Waals surface area contributed by atoms with Crippen molar-refractivity contribution in [2.45, 2.75) is 64.1 Å². The summed E-state index contributed by atoms with van der Waals surface area (Å²) in [6, 6.07) is 10.5. The zero-order chi connectivity index (χ0) is 15.2. The normalized spacial score (nSPS) is 32.5. The topological polar surface area (TPSA) is 26.3 Å². The van der Waals surface area contributed by atoms with Crippen LogP contribution in [0.1, 0.15) is 56.9 Å². The van der Waals surface area contributed by atoms with Gasteiger partial charge in [0.2, 0.25) is 0 Å². The third kappa shape index (κ3) is 4.19. The van der Waals surface area contributed by atoms with E-state index in [1.807, 2.05) is 6.07 Å². The fourth-order valence-electron chi connectivity index (χ4n) is 4.27. The van der Waals surface area contributed by atoms with Gasteiger partial charge in [-0.2, -0.15) is 0 Å². The maximum absolute atomic E-state index is 10.9. The Morgan fingerprint density at radius 1 is 0.864 bits per heavy atom. The molecule has 0 radical (unpaired) electrons. The molecular formula is C20H28O2. The molecule has 2 nitrogen and oxygen atoms in total. The predicted molar refractivity (Wildman–Crippen MR) is 88.5 cm³/mol. The molecule has 0 N–H and O–H groups in total. The Hall–Kier alpha value is -1.15. The molecule has 22 heavy (non-hydrogen) atoms. The molecule has 1 aromatic rings. The van der Waals surface area contributed by atoms with Crippen LogP contribution in [-0.4, -0.2) is 12.4 Å².